The number of rotatable bonds is 8. The normalized spacial score (nSPS) is 15.3. The molecule has 0 aliphatic carbocycles. The second-order valence-electron chi connectivity index (χ2n) is 9.09. The maximum atomic E-state index is 13.3. The van der Waals surface area contributed by atoms with E-state index in [9.17, 15) is 9.59 Å². The molecular formula is C28H33N3O3. The lowest BCUT2D eigenvalue weighted by atomic mass is 9.99. The van der Waals surface area contributed by atoms with Crippen LogP contribution in [0.1, 0.15) is 47.3 Å². The molecule has 34 heavy (non-hydrogen) atoms. The van der Waals surface area contributed by atoms with E-state index in [1.165, 1.54) is 5.39 Å². The zero-order valence-corrected chi connectivity index (χ0v) is 20.0. The standard InChI is InChI=1S/C28H33N3O3/c1-20-12-13-23(31-17-15-30(16-18-31)14-6-11-27(32)33)19-26(20)28(34)29-21(2)24-10-5-8-22-7-3-4-9-25(22)24/h3-5,7-10,12-13,19,21H,6,11,14-18H2,1-2H3,(H,29,34)(H,32,33)/t21-/m1/s1. The van der Waals surface area contributed by atoms with Gasteiger partial charge in [0.25, 0.3) is 5.91 Å². The third-order valence-electron chi connectivity index (χ3n) is 6.71. The van der Waals surface area contributed by atoms with Crippen LogP contribution in [0.15, 0.2) is 60.7 Å². The molecule has 3 aromatic rings. The number of nitrogens with zero attached hydrogens (tertiary/aromatic N) is 2. The molecule has 6 nitrogen and oxygen atoms in total. The Labute approximate surface area is 201 Å². The molecule has 3 aromatic carbocycles. The molecule has 4 rings (SSSR count). The summed E-state index contributed by atoms with van der Waals surface area (Å²) in [6, 6.07) is 20.4. The van der Waals surface area contributed by atoms with Gasteiger partial charge in [-0.1, -0.05) is 48.5 Å². The van der Waals surface area contributed by atoms with E-state index in [0.29, 0.717) is 12.0 Å². The Morgan fingerprint density at radius 3 is 2.50 bits per heavy atom. The highest BCUT2D eigenvalue weighted by Crippen LogP contribution is 2.26. The van der Waals surface area contributed by atoms with Crippen molar-refractivity contribution in [3.05, 3.63) is 77.4 Å². The summed E-state index contributed by atoms with van der Waals surface area (Å²) >= 11 is 0. The molecule has 178 valence electrons. The number of carboxylic acids is 1. The molecule has 1 aliphatic heterocycles. The van der Waals surface area contributed by atoms with Crippen molar-refractivity contribution in [3.8, 4) is 0 Å². The SMILES string of the molecule is Cc1ccc(N2CCN(CCCC(=O)O)CC2)cc1C(=O)N[C@H](C)c1cccc2ccccc12. The second kappa shape index (κ2) is 10.7. The molecule has 0 bridgehead atoms. The predicted octanol–water partition coefficient (Wildman–Crippen LogP) is 4.63. The smallest absolute Gasteiger partial charge is 0.303 e. The number of carboxylic acid groups (broad SMARTS) is 1. The summed E-state index contributed by atoms with van der Waals surface area (Å²) < 4.78 is 0. The first-order valence-corrected chi connectivity index (χ1v) is 12.0. The zero-order chi connectivity index (χ0) is 24.1. The molecule has 1 aliphatic rings. The quantitative estimate of drug-likeness (QED) is 0.514. The number of hydrogen-bond acceptors (Lipinski definition) is 4. The molecule has 1 saturated heterocycles. The number of nitrogens with one attached hydrogen (secondary N) is 1. The van der Waals surface area contributed by atoms with Crippen LogP contribution < -0.4 is 10.2 Å². The van der Waals surface area contributed by atoms with Crippen LogP contribution in [0.2, 0.25) is 0 Å². The van der Waals surface area contributed by atoms with Gasteiger partial charge < -0.3 is 15.3 Å². The molecule has 1 amide bonds. The van der Waals surface area contributed by atoms with Crippen LogP contribution in [-0.4, -0.2) is 54.6 Å². The summed E-state index contributed by atoms with van der Waals surface area (Å²) in [6.07, 6.45) is 0.896. The van der Waals surface area contributed by atoms with Crippen LogP contribution in [0.4, 0.5) is 5.69 Å². The fourth-order valence-corrected chi connectivity index (χ4v) is 4.72. The van der Waals surface area contributed by atoms with Crippen molar-refractivity contribution in [2.45, 2.75) is 32.7 Å². The fourth-order valence-electron chi connectivity index (χ4n) is 4.72. The van der Waals surface area contributed by atoms with Gasteiger partial charge in [-0.05, 0) is 60.8 Å². The van der Waals surface area contributed by atoms with Gasteiger partial charge in [0.05, 0.1) is 6.04 Å². The van der Waals surface area contributed by atoms with Crippen LogP contribution in [0.25, 0.3) is 10.8 Å². The Kier molecular flexibility index (Phi) is 7.48. The molecule has 0 spiro atoms. The van der Waals surface area contributed by atoms with Gasteiger partial charge in [0.15, 0.2) is 0 Å². The number of aliphatic carboxylic acids is 1. The Balaban J connectivity index is 1.42. The molecule has 0 unspecified atom stereocenters. The molecule has 0 radical (unpaired) electrons. The maximum Gasteiger partial charge on any atom is 0.303 e. The van der Waals surface area contributed by atoms with Gasteiger partial charge in [0, 0.05) is 43.9 Å². The summed E-state index contributed by atoms with van der Waals surface area (Å²) in [6.45, 7) is 8.34. The summed E-state index contributed by atoms with van der Waals surface area (Å²) in [4.78, 5) is 28.6. The lowest BCUT2D eigenvalue weighted by Crippen LogP contribution is -2.46. The number of amides is 1. The Morgan fingerprint density at radius 1 is 1.00 bits per heavy atom. The minimum absolute atomic E-state index is 0.0629. The van der Waals surface area contributed by atoms with Crippen molar-refractivity contribution in [2.24, 2.45) is 0 Å². The largest absolute Gasteiger partial charge is 0.481 e. The Hall–Kier alpha value is -3.38. The van der Waals surface area contributed by atoms with Crippen molar-refractivity contribution in [3.63, 3.8) is 0 Å². The molecule has 0 saturated carbocycles. The monoisotopic (exact) mass is 459 g/mol. The van der Waals surface area contributed by atoms with E-state index < -0.39 is 5.97 Å². The molecule has 1 fully saturated rings. The van der Waals surface area contributed by atoms with Crippen molar-refractivity contribution in [1.82, 2.24) is 10.2 Å². The molecule has 6 heteroatoms. The van der Waals surface area contributed by atoms with Crippen LogP contribution >= 0.6 is 0 Å². The zero-order valence-electron chi connectivity index (χ0n) is 20.0. The van der Waals surface area contributed by atoms with Crippen LogP contribution in [-0.2, 0) is 4.79 Å². The summed E-state index contributed by atoms with van der Waals surface area (Å²) in [5.74, 6) is -0.800. The van der Waals surface area contributed by atoms with Crippen LogP contribution in [0.3, 0.4) is 0 Å². The first-order chi connectivity index (χ1) is 16.4. The number of anilines is 1. The van der Waals surface area contributed by atoms with Gasteiger partial charge in [-0.2, -0.15) is 0 Å². The van der Waals surface area contributed by atoms with Gasteiger partial charge in [0.1, 0.15) is 0 Å². The molecule has 1 heterocycles. The fraction of sp³-hybridized carbons (Fsp3) is 0.357. The van der Waals surface area contributed by atoms with Crippen LogP contribution in [0.5, 0.6) is 0 Å². The number of carbonyl (C=O) groups is 2. The van der Waals surface area contributed by atoms with Crippen LogP contribution in [0, 0.1) is 6.92 Å². The summed E-state index contributed by atoms with van der Waals surface area (Å²) in [5, 5.41) is 14.4. The third-order valence-corrected chi connectivity index (χ3v) is 6.71. The molecule has 0 aromatic heterocycles. The molecular weight excluding hydrogens is 426 g/mol. The highest BCUT2D eigenvalue weighted by molar-refractivity contribution is 5.97. The first kappa shape index (κ1) is 23.8. The number of benzene rings is 3. The first-order valence-electron chi connectivity index (χ1n) is 12.0. The van der Waals surface area contributed by atoms with Crippen molar-refractivity contribution >= 4 is 28.3 Å². The topological polar surface area (TPSA) is 72.9 Å². The van der Waals surface area contributed by atoms with E-state index >= 15 is 0 Å². The number of fused-ring (bicyclic) bond motifs is 1. The summed E-state index contributed by atoms with van der Waals surface area (Å²) in [7, 11) is 0. The average Bonchev–Trinajstić information content (AvgIpc) is 2.84. The van der Waals surface area contributed by atoms with E-state index in [-0.39, 0.29) is 18.4 Å². The lowest BCUT2D eigenvalue weighted by Gasteiger charge is -2.36. The van der Waals surface area contributed by atoms with Gasteiger partial charge >= 0.3 is 5.97 Å². The van der Waals surface area contributed by atoms with Crippen molar-refractivity contribution < 1.29 is 14.7 Å². The van der Waals surface area contributed by atoms with Gasteiger partial charge in [-0.3, -0.25) is 14.5 Å². The van der Waals surface area contributed by atoms with E-state index in [4.69, 9.17) is 5.11 Å². The minimum atomic E-state index is -0.737. The highest BCUT2D eigenvalue weighted by Gasteiger charge is 2.20. The number of carbonyl (C=O) groups excluding carboxylic acids is 1. The number of aryl methyl sites for hydroxylation is 1. The maximum absolute atomic E-state index is 13.3. The van der Waals surface area contributed by atoms with Gasteiger partial charge in [-0.15, -0.1) is 0 Å². The van der Waals surface area contributed by atoms with E-state index in [0.717, 1.165) is 54.9 Å². The number of piperazine rings is 1. The Morgan fingerprint density at radius 2 is 1.74 bits per heavy atom. The second-order valence-corrected chi connectivity index (χ2v) is 9.09. The highest BCUT2D eigenvalue weighted by atomic mass is 16.4. The Bertz CT molecular complexity index is 1160. The van der Waals surface area contributed by atoms with E-state index in [1.807, 2.05) is 44.2 Å². The van der Waals surface area contributed by atoms with Gasteiger partial charge in [0.2, 0.25) is 0 Å². The van der Waals surface area contributed by atoms with E-state index in [1.54, 1.807) is 0 Å². The van der Waals surface area contributed by atoms with Gasteiger partial charge in [-0.25, -0.2) is 0 Å². The van der Waals surface area contributed by atoms with E-state index in [2.05, 4.69) is 45.4 Å². The minimum Gasteiger partial charge on any atom is -0.481 e. The molecule has 1 atom stereocenters. The number of hydrogen-bond donors (Lipinski definition) is 2. The molecule has 2 N–H and O–H groups in total. The summed E-state index contributed by atoms with van der Waals surface area (Å²) in [5.41, 5.74) is 3.82. The average molecular weight is 460 g/mol. The van der Waals surface area contributed by atoms with Crippen molar-refractivity contribution in [1.29, 1.82) is 0 Å². The predicted molar refractivity (Wildman–Crippen MR) is 137 cm³/mol. The van der Waals surface area contributed by atoms with Crippen molar-refractivity contribution in [2.75, 3.05) is 37.6 Å². The third kappa shape index (κ3) is 5.57. The lowest BCUT2D eigenvalue weighted by molar-refractivity contribution is -0.137.